The fourth-order valence-electron chi connectivity index (χ4n) is 4.10. The van der Waals surface area contributed by atoms with Gasteiger partial charge in [-0.3, -0.25) is 9.59 Å². The second kappa shape index (κ2) is 11.7. The Morgan fingerprint density at radius 3 is 2.17 bits per heavy atom. The zero-order chi connectivity index (χ0) is 26.4. The van der Waals surface area contributed by atoms with Crippen LogP contribution in [0.5, 0.6) is 0 Å². The highest BCUT2D eigenvalue weighted by atomic mass is 19.4. The van der Waals surface area contributed by atoms with Crippen LogP contribution in [0.4, 0.5) is 18.0 Å². The third-order valence-corrected chi connectivity index (χ3v) is 5.50. The van der Waals surface area contributed by atoms with Crippen molar-refractivity contribution >= 4 is 18.0 Å². The van der Waals surface area contributed by atoms with E-state index >= 15 is 0 Å². The number of hydrogen-bond donors (Lipinski definition) is 2. The van der Waals surface area contributed by atoms with E-state index in [0.29, 0.717) is 5.56 Å². The van der Waals surface area contributed by atoms with Crippen molar-refractivity contribution in [1.82, 2.24) is 10.6 Å². The van der Waals surface area contributed by atoms with E-state index in [9.17, 15) is 27.6 Å². The molecule has 35 heavy (non-hydrogen) atoms. The highest BCUT2D eigenvalue weighted by molar-refractivity contribution is 5.79. The van der Waals surface area contributed by atoms with Crippen LogP contribution >= 0.6 is 0 Å². The van der Waals surface area contributed by atoms with Crippen LogP contribution in [0.1, 0.15) is 58.2 Å². The van der Waals surface area contributed by atoms with Crippen molar-refractivity contribution in [3.05, 3.63) is 35.4 Å². The molecule has 0 saturated carbocycles. The number of hydrogen-bond acceptors (Lipinski definition) is 7. The molecule has 0 bridgehead atoms. The summed E-state index contributed by atoms with van der Waals surface area (Å²) in [6.07, 6.45) is -5.46. The molecule has 2 N–H and O–H groups in total. The Balaban J connectivity index is 2.45. The molecular weight excluding hydrogens is 469 g/mol. The molecule has 1 aromatic rings. The van der Waals surface area contributed by atoms with Crippen LogP contribution in [-0.4, -0.2) is 49.4 Å². The quantitative estimate of drug-likeness (QED) is 0.409. The number of benzene rings is 1. The average molecular weight is 503 g/mol. The van der Waals surface area contributed by atoms with Gasteiger partial charge in [-0.1, -0.05) is 12.1 Å². The lowest BCUT2D eigenvalue weighted by Gasteiger charge is -2.31. The van der Waals surface area contributed by atoms with E-state index in [4.69, 9.17) is 14.2 Å². The van der Waals surface area contributed by atoms with Gasteiger partial charge in [-0.05, 0) is 52.3 Å². The Morgan fingerprint density at radius 1 is 1.06 bits per heavy atom. The molecule has 0 spiro atoms. The van der Waals surface area contributed by atoms with Gasteiger partial charge in [0, 0.05) is 18.4 Å². The van der Waals surface area contributed by atoms with Crippen molar-refractivity contribution in [2.24, 2.45) is 11.8 Å². The van der Waals surface area contributed by atoms with Gasteiger partial charge in [0.15, 0.2) is 0 Å². The molecule has 1 unspecified atom stereocenters. The number of alkyl halides is 3. The highest BCUT2D eigenvalue weighted by Gasteiger charge is 2.46. The molecule has 1 aromatic carbocycles. The van der Waals surface area contributed by atoms with Crippen LogP contribution in [-0.2, 0) is 30.0 Å². The van der Waals surface area contributed by atoms with Gasteiger partial charge in [-0.25, -0.2) is 4.79 Å². The number of esters is 2. The molecule has 1 saturated heterocycles. The lowest BCUT2D eigenvalue weighted by molar-refractivity contribution is -0.149. The van der Waals surface area contributed by atoms with Gasteiger partial charge in [0.25, 0.3) is 0 Å². The fraction of sp³-hybridized carbons (Fsp3) is 0.625. The second-order valence-electron chi connectivity index (χ2n) is 9.22. The third kappa shape index (κ3) is 8.12. The Bertz CT molecular complexity index is 883. The Kier molecular flexibility index (Phi) is 9.53. The minimum absolute atomic E-state index is 0.131. The molecule has 1 aliphatic rings. The zero-order valence-corrected chi connectivity index (χ0v) is 20.5. The maximum Gasteiger partial charge on any atom is 0.416 e. The van der Waals surface area contributed by atoms with Gasteiger partial charge in [0.05, 0.1) is 31.2 Å². The summed E-state index contributed by atoms with van der Waals surface area (Å²) in [4.78, 5) is 37.6. The lowest BCUT2D eigenvalue weighted by Crippen LogP contribution is -2.42. The number of ether oxygens (including phenoxy) is 3. The summed E-state index contributed by atoms with van der Waals surface area (Å²) in [6.45, 7) is 8.80. The Hall–Kier alpha value is -2.82. The lowest BCUT2D eigenvalue weighted by atomic mass is 9.80. The highest BCUT2D eigenvalue weighted by Crippen LogP contribution is 2.38. The second-order valence-corrected chi connectivity index (χ2v) is 9.22. The van der Waals surface area contributed by atoms with Crippen molar-refractivity contribution in [1.29, 1.82) is 0 Å². The summed E-state index contributed by atoms with van der Waals surface area (Å²) in [5, 5.41) is 5.77. The van der Waals surface area contributed by atoms with E-state index in [0.717, 1.165) is 12.1 Å². The first kappa shape index (κ1) is 28.4. The molecule has 8 nitrogen and oxygen atoms in total. The van der Waals surface area contributed by atoms with Crippen LogP contribution in [0.15, 0.2) is 24.3 Å². The largest absolute Gasteiger partial charge is 0.466 e. The monoisotopic (exact) mass is 502 g/mol. The van der Waals surface area contributed by atoms with Gasteiger partial charge < -0.3 is 24.8 Å². The summed E-state index contributed by atoms with van der Waals surface area (Å²) in [6, 6.07) is 2.66. The van der Waals surface area contributed by atoms with Gasteiger partial charge in [0.1, 0.15) is 11.6 Å². The first-order valence-corrected chi connectivity index (χ1v) is 11.5. The van der Waals surface area contributed by atoms with Crippen molar-refractivity contribution in [3.8, 4) is 0 Å². The standard InChI is InChI=1S/C24H33F3N2O6/c1-6-33-18(30)12-16-17(13-28-20(16)21(31)34-7-2)19(29-22(32)35-23(3,4)5)14-8-10-15(11-9-14)24(25,26)27/h8-11,16-17,19-20,28H,6-7,12-13H2,1-5H3,(H,29,32)/t16-,17-,19?,20+/m1/s1. The molecule has 1 heterocycles. The molecule has 2 rings (SSSR count). The number of nitrogens with one attached hydrogen (secondary N) is 2. The summed E-state index contributed by atoms with van der Waals surface area (Å²) in [5.41, 5.74) is -1.29. The summed E-state index contributed by atoms with van der Waals surface area (Å²) >= 11 is 0. The minimum atomic E-state index is -4.52. The van der Waals surface area contributed by atoms with Crippen LogP contribution in [0, 0.1) is 11.8 Å². The maximum absolute atomic E-state index is 13.1. The maximum atomic E-state index is 13.1. The molecule has 11 heteroatoms. The van der Waals surface area contributed by atoms with Crippen LogP contribution in [0.3, 0.4) is 0 Å². The van der Waals surface area contributed by atoms with Crippen molar-refractivity contribution < 1.29 is 41.8 Å². The van der Waals surface area contributed by atoms with Crippen molar-refractivity contribution in [3.63, 3.8) is 0 Å². The zero-order valence-electron chi connectivity index (χ0n) is 20.5. The molecule has 1 amide bonds. The predicted octanol–water partition coefficient (Wildman–Crippen LogP) is 3.99. The fourth-order valence-corrected chi connectivity index (χ4v) is 4.10. The van der Waals surface area contributed by atoms with Gasteiger partial charge >= 0.3 is 24.2 Å². The topological polar surface area (TPSA) is 103 Å². The van der Waals surface area contributed by atoms with Crippen molar-refractivity contribution in [2.45, 2.75) is 64.9 Å². The van der Waals surface area contributed by atoms with E-state index < -0.39 is 59.3 Å². The molecular formula is C24H33F3N2O6. The summed E-state index contributed by atoms with van der Waals surface area (Å²) < 4.78 is 54.9. The molecule has 4 atom stereocenters. The Morgan fingerprint density at radius 2 is 1.66 bits per heavy atom. The predicted molar refractivity (Wildman–Crippen MR) is 120 cm³/mol. The minimum Gasteiger partial charge on any atom is -0.466 e. The van der Waals surface area contributed by atoms with E-state index in [1.165, 1.54) is 12.1 Å². The normalized spacial score (nSPS) is 21.2. The van der Waals surface area contributed by atoms with E-state index in [1.54, 1.807) is 34.6 Å². The molecule has 1 fully saturated rings. The van der Waals surface area contributed by atoms with Gasteiger partial charge in [-0.15, -0.1) is 0 Å². The van der Waals surface area contributed by atoms with E-state index in [-0.39, 0.29) is 26.2 Å². The first-order valence-electron chi connectivity index (χ1n) is 11.5. The SMILES string of the molecule is CCOC(=O)C[C@H]1[C@@H](C(=O)OCC)NC[C@H]1C(NC(=O)OC(C)(C)C)c1ccc(C(F)(F)F)cc1. The van der Waals surface area contributed by atoms with Gasteiger partial charge in [0.2, 0.25) is 0 Å². The molecule has 0 radical (unpaired) electrons. The van der Waals surface area contributed by atoms with E-state index in [2.05, 4.69) is 10.6 Å². The number of carbonyl (C=O) groups is 3. The van der Waals surface area contributed by atoms with Crippen LogP contribution in [0.25, 0.3) is 0 Å². The summed E-state index contributed by atoms with van der Waals surface area (Å²) in [7, 11) is 0. The van der Waals surface area contributed by atoms with Gasteiger partial charge in [-0.2, -0.15) is 13.2 Å². The van der Waals surface area contributed by atoms with Crippen molar-refractivity contribution in [2.75, 3.05) is 19.8 Å². The number of alkyl carbamates (subject to hydrolysis) is 1. The van der Waals surface area contributed by atoms with E-state index in [1.807, 2.05) is 0 Å². The molecule has 0 aromatic heterocycles. The number of halogens is 3. The van der Waals surface area contributed by atoms with Crippen LogP contribution in [0.2, 0.25) is 0 Å². The molecule has 0 aliphatic carbocycles. The smallest absolute Gasteiger partial charge is 0.416 e. The van der Waals surface area contributed by atoms with Crippen LogP contribution < -0.4 is 10.6 Å². The number of amides is 1. The average Bonchev–Trinajstić information content (AvgIpc) is 3.13. The molecule has 196 valence electrons. The third-order valence-electron chi connectivity index (χ3n) is 5.50. The summed E-state index contributed by atoms with van der Waals surface area (Å²) in [5.74, 6) is -2.31. The number of carbonyl (C=O) groups excluding carboxylic acids is 3. The Labute approximate surface area is 202 Å². The molecule has 1 aliphatic heterocycles. The number of rotatable bonds is 8. The first-order chi connectivity index (χ1) is 16.3.